The largest absolute Gasteiger partial charge is 0.493 e. The van der Waals surface area contributed by atoms with Gasteiger partial charge in [0.25, 0.3) is 0 Å². The molecule has 1 aromatic heterocycles. The number of halogens is 3. The van der Waals surface area contributed by atoms with Crippen molar-refractivity contribution >= 4 is 16.9 Å². The summed E-state index contributed by atoms with van der Waals surface area (Å²) in [4.78, 5) is 14.1. The van der Waals surface area contributed by atoms with Crippen LogP contribution in [0.25, 0.3) is 10.9 Å². The van der Waals surface area contributed by atoms with E-state index in [-0.39, 0.29) is 11.9 Å². The van der Waals surface area contributed by atoms with E-state index in [2.05, 4.69) is 48.1 Å². The van der Waals surface area contributed by atoms with Gasteiger partial charge in [-0.15, -0.1) is 0 Å². The molecule has 2 amide bonds. The summed E-state index contributed by atoms with van der Waals surface area (Å²) in [5, 5.41) is 4.09. The van der Waals surface area contributed by atoms with Crippen molar-refractivity contribution in [1.29, 1.82) is 0 Å². The summed E-state index contributed by atoms with van der Waals surface area (Å²) >= 11 is 0. The lowest BCUT2D eigenvalue weighted by atomic mass is 10.0. The Kier molecular flexibility index (Phi) is 6.04. The van der Waals surface area contributed by atoms with Crippen molar-refractivity contribution in [1.82, 2.24) is 14.8 Å². The molecule has 0 radical (unpaired) electrons. The van der Waals surface area contributed by atoms with E-state index in [1.165, 1.54) is 17.6 Å². The topological polar surface area (TPSA) is 46.5 Å². The van der Waals surface area contributed by atoms with E-state index < -0.39 is 11.7 Å². The molecule has 0 unspecified atom stereocenters. The van der Waals surface area contributed by atoms with Crippen LogP contribution in [-0.4, -0.2) is 35.2 Å². The van der Waals surface area contributed by atoms with Crippen LogP contribution >= 0.6 is 0 Å². The highest BCUT2D eigenvalue weighted by Crippen LogP contribution is 2.30. The Balaban J connectivity index is 1.21. The summed E-state index contributed by atoms with van der Waals surface area (Å²) < 4.78 is 45.6. The lowest BCUT2D eigenvalue weighted by Gasteiger charge is -2.38. The first-order valence-electron chi connectivity index (χ1n) is 10.6. The number of nitrogens with zero attached hydrogens (tertiary/aromatic N) is 2. The van der Waals surface area contributed by atoms with Crippen molar-refractivity contribution in [3.8, 4) is 5.75 Å². The monoisotopic (exact) mass is 445 g/mol. The minimum Gasteiger partial charge on any atom is -0.493 e. The van der Waals surface area contributed by atoms with Crippen molar-refractivity contribution in [3.05, 3.63) is 65.9 Å². The molecule has 8 heteroatoms. The minimum absolute atomic E-state index is 0.129. The molecule has 0 aliphatic carbocycles. The van der Waals surface area contributed by atoms with Gasteiger partial charge in [0.05, 0.1) is 12.2 Å². The zero-order valence-electron chi connectivity index (χ0n) is 18.0. The Bertz CT molecular complexity index is 1080. The van der Waals surface area contributed by atoms with Crippen LogP contribution in [0.15, 0.2) is 54.7 Å². The maximum atomic E-state index is 12.6. The van der Waals surface area contributed by atoms with Crippen LogP contribution < -0.4 is 10.1 Å². The Labute approximate surface area is 184 Å². The predicted octanol–water partition coefficient (Wildman–Crippen LogP) is 5.46. The van der Waals surface area contributed by atoms with Crippen LogP contribution in [-0.2, 0) is 12.7 Å². The molecule has 4 rings (SSSR count). The summed E-state index contributed by atoms with van der Waals surface area (Å²) in [5.74, 6) is 0.554. The summed E-state index contributed by atoms with van der Waals surface area (Å²) in [6.07, 6.45) is -2.28. The molecule has 5 nitrogen and oxygen atoms in total. The van der Waals surface area contributed by atoms with Gasteiger partial charge in [0, 0.05) is 43.3 Å². The standard InChI is InChI=1S/C24H26F3N3O2/c1-16(2)30-10-9-19-11-17(3-8-22(19)30)12-28-23(31)29-13-18(14-29)15-32-21-6-4-20(5-7-21)24(25,26)27/h3-11,16,18H,12-15H2,1-2H3,(H,28,31). The van der Waals surface area contributed by atoms with E-state index in [4.69, 9.17) is 4.74 Å². The first-order valence-corrected chi connectivity index (χ1v) is 10.6. The van der Waals surface area contributed by atoms with E-state index in [0.29, 0.717) is 38.0 Å². The van der Waals surface area contributed by atoms with Crippen LogP contribution in [0.5, 0.6) is 5.75 Å². The molecule has 1 aliphatic rings. The first-order chi connectivity index (χ1) is 15.2. The number of aromatic nitrogens is 1. The lowest BCUT2D eigenvalue weighted by molar-refractivity contribution is -0.137. The number of rotatable bonds is 6. The molecule has 1 fully saturated rings. The molecular weight excluding hydrogens is 419 g/mol. The highest BCUT2D eigenvalue weighted by Gasteiger charge is 2.32. The molecule has 170 valence electrons. The zero-order chi connectivity index (χ0) is 22.9. The van der Waals surface area contributed by atoms with Gasteiger partial charge in [-0.1, -0.05) is 6.07 Å². The highest BCUT2D eigenvalue weighted by molar-refractivity contribution is 5.81. The van der Waals surface area contributed by atoms with Gasteiger partial charge in [0.15, 0.2) is 0 Å². The van der Waals surface area contributed by atoms with Crippen molar-refractivity contribution in [2.75, 3.05) is 19.7 Å². The number of alkyl halides is 3. The van der Waals surface area contributed by atoms with E-state index in [0.717, 1.165) is 23.1 Å². The number of urea groups is 1. The number of hydrogen-bond acceptors (Lipinski definition) is 2. The molecule has 1 N–H and O–H groups in total. The third-order valence-electron chi connectivity index (χ3n) is 5.70. The predicted molar refractivity (Wildman–Crippen MR) is 117 cm³/mol. The van der Waals surface area contributed by atoms with Crippen LogP contribution in [0.1, 0.15) is 31.0 Å². The fourth-order valence-corrected chi connectivity index (χ4v) is 3.86. The van der Waals surface area contributed by atoms with Gasteiger partial charge in [-0.3, -0.25) is 0 Å². The van der Waals surface area contributed by atoms with Crippen molar-refractivity contribution in [2.45, 2.75) is 32.6 Å². The van der Waals surface area contributed by atoms with E-state index in [1.54, 1.807) is 4.90 Å². The van der Waals surface area contributed by atoms with E-state index >= 15 is 0 Å². The van der Waals surface area contributed by atoms with Crippen LogP contribution in [0.4, 0.5) is 18.0 Å². The fourth-order valence-electron chi connectivity index (χ4n) is 3.86. The highest BCUT2D eigenvalue weighted by atomic mass is 19.4. The van der Waals surface area contributed by atoms with E-state index in [9.17, 15) is 18.0 Å². The normalized spacial score (nSPS) is 14.6. The lowest BCUT2D eigenvalue weighted by Crippen LogP contribution is -2.55. The van der Waals surface area contributed by atoms with Crippen LogP contribution in [0.2, 0.25) is 0 Å². The number of hydrogen-bond donors (Lipinski definition) is 1. The summed E-state index contributed by atoms with van der Waals surface area (Å²) in [7, 11) is 0. The third-order valence-corrected chi connectivity index (χ3v) is 5.70. The fraction of sp³-hybridized carbons (Fsp3) is 0.375. The number of benzene rings is 2. The van der Waals surface area contributed by atoms with E-state index in [1.807, 2.05) is 6.07 Å². The molecule has 0 saturated carbocycles. The van der Waals surface area contributed by atoms with Gasteiger partial charge >= 0.3 is 12.2 Å². The summed E-state index contributed by atoms with van der Waals surface area (Å²) in [6.45, 7) is 6.21. The average Bonchev–Trinajstić information content (AvgIpc) is 3.14. The Morgan fingerprint density at radius 1 is 1.12 bits per heavy atom. The van der Waals surface area contributed by atoms with Crippen LogP contribution in [0.3, 0.4) is 0 Å². The molecule has 0 bridgehead atoms. The van der Waals surface area contributed by atoms with Crippen molar-refractivity contribution < 1.29 is 22.7 Å². The molecule has 32 heavy (non-hydrogen) atoms. The quantitative estimate of drug-likeness (QED) is 0.548. The second kappa shape index (κ2) is 8.76. The molecule has 1 aliphatic heterocycles. The molecule has 2 aromatic carbocycles. The number of amides is 2. The number of likely N-dealkylation sites (tertiary alicyclic amines) is 1. The SMILES string of the molecule is CC(C)n1ccc2cc(CNC(=O)N3CC(COc4ccc(C(F)(F)F)cc4)C3)ccc21. The smallest absolute Gasteiger partial charge is 0.416 e. The first kappa shape index (κ1) is 22.0. The van der Waals surface area contributed by atoms with Gasteiger partial charge in [-0.25, -0.2) is 4.79 Å². The Morgan fingerprint density at radius 2 is 1.84 bits per heavy atom. The number of carbonyl (C=O) groups excluding carboxylic acids is 1. The maximum Gasteiger partial charge on any atom is 0.416 e. The number of nitrogens with one attached hydrogen (secondary N) is 1. The molecule has 0 atom stereocenters. The molecule has 0 spiro atoms. The molecular formula is C24H26F3N3O2. The molecule has 3 aromatic rings. The van der Waals surface area contributed by atoms with Crippen molar-refractivity contribution in [3.63, 3.8) is 0 Å². The molecule has 1 saturated heterocycles. The summed E-state index contributed by atoms with van der Waals surface area (Å²) in [6, 6.07) is 13.2. The number of carbonyl (C=O) groups is 1. The second-order valence-electron chi connectivity index (χ2n) is 8.47. The molecule has 2 heterocycles. The average molecular weight is 445 g/mol. The minimum atomic E-state index is -4.36. The van der Waals surface area contributed by atoms with Gasteiger partial charge < -0.3 is 19.5 Å². The second-order valence-corrected chi connectivity index (χ2v) is 8.47. The maximum absolute atomic E-state index is 12.6. The number of ether oxygens (including phenoxy) is 1. The van der Waals surface area contributed by atoms with Crippen LogP contribution in [0, 0.1) is 5.92 Å². The van der Waals surface area contributed by atoms with Gasteiger partial charge in [0.1, 0.15) is 5.75 Å². The van der Waals surface area contributed by atoms with Gasteiger partial charge in [-0.2, -0.15) is 13.2 Å². The summed E-state index contributed by atoms with van der Waals surface area (Å²) in [5.41, 5.74) is 1.51. The Morgan fingerprint density at radius 3 is 2.50 bits per heavy atom. The van der Waals surface area contributed by atoms with Gasteiger partial charge in [0.2, 0.25) is 0 Å². The van der Waals surface area contributed by atoms with Crippen molar-refractivity contribution in [2.24, 2.45) is 5.92 Å². The number of fused-ring (bicyclic) bond motifs is 1. The Hall–Kier alpha value is -3.16. The third kappa shape index (κ3) is 4.84. The van der Waals surface area contributed by atoms with Gasteiger partial charge in [-0.05, 0) is 67.3 Å². The zero-order valence-corrected chi connectivity index (χ0v) is 18.0.